The van der Waals surface area contributed by atoms with Gasteiger partial charge in [-0.3, -0.25) is 9.59 Å². The van der Waals surface area contributed by atoms with Crippen molar-refractivity contribution in [3.8, 4) is 11.1 Å². The summed E-state index contributed by atoms with van der Waals surface area (Å²) in [7, 11) is 0. The smallest absolute Gasteiger partial charge is 0.256 e. The molecule has 37 heavy (non-hydrogen) atoms. The summed E-state index contributed by atoms with van der Waals surface area (Å²) in [5, 5.41) is 6.45. The average Bonchev–Trinajstić information content (AvgIpc) is 3.31. The molecule has 0 spiro atoms. The van der Waals surface area contributed by atoms with Crippen molar-refractivity contribution in [3.05, 3.63) is 76.9 Å². The molecule has 2 amide bonds. The fraction of sp³-hybridized carbons (Fsp3) is 0.333. The van der Waals surface area contributed by atoms with E-state index in [9.17, 15) is 14.0 Å². The lowest BCUT2D eigenvalue weighted by molar-refractivity contribution is -0.110. The Morgan fingerprint density at radius 2 is 1.92 bits per heavy atom. The van der Waals surface area contributed by atoms with E-state index >= 15 is 0 Å². The number of benzene rings is 2. The molecule has 2 fully saturated rings. The fourth-order valence-corrected chi connectivity index (χ4v) is 5.58. The molecule has 1 saturated carbocycles. The Kier molecular flexibility index (Phi) is 6.16. The van der Waals surface area contributed by atoms with Crippen molar-refractivity contribution in [2.75, 3.05) is 25.0 Å². The van der Waals surface area contributed by atoms with E-state index in [-0.39, 0.29) is 23.7 Å². The number of carbonyl (C=O) groups is 2. The number of rotatable bonds is 7. The number of nitrogens with zero attached hydrogens (tertiary/aromatic N) is 1. The Hall–Kier alpha value is -3.71. The number of aromatic amines is 1. The lowest BCUT2D eigenvalue weighted by Crippen LogP contribution is -2.42. The van der Waals surface area contributed by atoms with Crippen LogP contribution in [0.4, 0.5) is 10.1 Å². The van der Waals surface area contributed by atoms with Crippen molar-refractivity contribution < 1.29 is 14.0 Å². The van der Waals surface area contributed by atoms with Crippen LogP contribution in [0.15, 0.2) is 48.5 Å². The largest absolute Gasteiger partial charge is 0.358 e. The number of amides is 2. The van der Waals surface area contributed by atoms with Crippen LogP contribution < -0.4 is 10.6 Å². The molecule has 2 aromatic carbocycles. The minimum absolute atomic E-state index is 0.0254. The van der Waals surface area contributed by atoms with Gasteiger partial charge in [-0.15, -0.1) is 0 Å². The van der Waals surface area contributed by atoms with Gasteiger partial charge in [-0.25, -0.2) is 4.39 Å². The van der Waals surface area contributed by atoms with Crippen molar-refractivity contribution in [3.63, 3.8) is 0 Å². The van der Waals surface area contributed by atoms with Gasteiger partial charge in [0.2, 0.25) is 0 Å². The zero-order valence-corrected chi connectivity index (χ0v) is 20.9. The van der Waals surface area contributed by atoms with Gasteiger partial charge in [0, 0.05) is 47.3 Å². The van der Waals surface area contributed by atoms with Crippen LogP contribution in [0.5, 0.6) is 0 Å². The fourth-order valence-electron chi connectivity index (χ4n) is 5.58. The molecule has 1 aromatic heterocycles. The summed E-state index contributed by atoms with van der Waals surface area (Å²) in [5.41, 5.74) is 4.92. The van der Waals surface area contributed by atoms with Crippen molar-refractivity contribution >= 4 is 29.2 Å². The van der Waals surface area contributed by atoms with Gasteiger partial charge in [0.1, 0.15) is 5.82 Å². The molecule has 6 nitrogen and oxygen atoms in total. The topological polar surface area (TPSA) is 77.2 Å². The number of likely N-dealkylation sites (tertiary alicyclic amines) is 1. The minimum atomic E-state index is -0.343. The summed E-state index contributed by atoms with van der Waals surface area (Å²) >= 11 is 0. The maximum Gasteiger partial charge on any atom is 0.256 e. The summed E-state index contributed by atoms with van der Waals surface area (Å²) in [6.07, 6.45) is 6.40. The normalized spacial score (nSPS) is 19.9. The lowest BCUT2D eigenvalue weighted by Gasteiger charge is -2.25. The molecule has 3 aromatic rings. The van der Waals surface area contributed by atoms with E-state index in [1.165, 1.54) is 18.9 Å². The second-order valence-corrected chi connectivity index (χ2v) is 10.4. The van der Waals surface area contributed by atoms with Crippen LogP contribution in [0, 0.1) is 18.7 Å². The Morgan fingerprint density at radius 3 is 2.73 bits per heavy atom. The molecule has 7 heteroatoms. The van der Waals surface area contributed by atoms with E-state index in [2.05, 4.69) is 15.6 Å². The van der Waals surface area contributed by atoms with Crippen LogP contribution in [-0.2, 0) is 4.79 Å². The first-order chi connectivity index (χ1) is 18.0. The van der Waals surface area contributed by atoms with Crippen LogP contribution in [0.3, 0.4) is 0 Å². The highest BCUT2D eigenvalue weighted by molar-refractivity contribution is 6.36. The van der Waals surface area contributed by atoms with E-state index in [0.717, 1.165) is 44.1 Å². The van der Waals surface area contributed by atoms with Gasteiger partial charge < -0.3 is 20.5 Å². The second kappa shape index (κ2) is 9.63. The van der Waals surface area contributed by atoms with Gasteiger partial charge in [-0.05, 0) is 74.9 Å². The number of halogens is 1. The first kappa shape index (κ1) is 23.7. The summed E-state index contributed by atoms with van der Waals surface area (Å²) in [4.78, 5) is 31.8. The van der Waals surface area contributed by atoms with Crippen molar-refractivity contribution in [2.45, 2.75) is 38.6 Å². The average molecular weight is 499 g/mol. The molecular formula is C30H31FN4O2. The highest BCUT2D eigenvalue weighted by Crippen LogP contribution is 2.41. The van der Waals surface area contributed by atoms with E-state index in [0.29, 0.717) is 39.2 Å². The second-order valence-electron chi connectivity index (χ2n) is 10.4. The standard InChI is InChI=1S/C30H31FN4O2/c1-18-24(30(37)35-13-5-6-21(35)17-32-16-19-11-12-19)14-20(33-18)15-25-28-23(22-7-2-3-9-26(22)31)8-4-10-27(28)34-29(25)36/h2-4,7-10,14-15,19,21,32-33H,5-6,11-13,16-17H2,1H3,(H,34,36)/b25-15-/t21-/m0/s1. The number of aromatic nitrogens is 1. The highest BCUT2D eigenvalue weighted by atomic mass is 19.1. The van der Waals surface area contributed by atoms with Crippen molar-refractivity contribution in [1.82, 2.24) is 15.2 Å². The number of nitrogens with one attached hydrogen (secondary N) is 3. The maximum absolute atomic E-state index is 14.7. The molecule has 0 bridgehead atoms. The number of aryl methyl sites for hydroxylation is 1. The van der Waals surface area contributed by atoms with Gasteiger partial charge >= 0.3 is 0 Å². The summed E-state index contributed by atoms with van der Waals surface area (Å²) in [6.45, 7) is 4.52. The number of H-pyrrole nitrogens is 1. The summed E-state index contributed by atoms with van der Waals surface area (Å²) < 4.78 is 14.7. The highest BCUT2D eigenvalue weighted by Gasteiger charge is 2.32. The molecule has 190 valence electrons. The Labute approximate surface area is 216 Å². The molecule has 1 atom stereocenters. The minimum Gasteiger partial charge on any atom is -0.358 e. The Bertz CT molecular complexity index is 1400. The summed E-state index contributed by atoms with van der Waals surface area (Å²) in [6, 6.07) is 14.1. The van der Waals surface area contributed by atoms with Crippen LogP contribution in [-0.4, -0.2) is 47.4 Å². The molecule has 3 aliphatic rings. The van der Waals surface area contributed by atoms with Crippen LogP contribution in [0.2, 0.25) is 0 Å². The molecule has 6 rings (SSSR count). The van der Waals surface area contributed by atoms with E-state index in [1.54, 1.807) is 24.3 Å². The van der Waals surface area contributed by atoms with E-state index in [1.807, 2.05) is 36.1 Å². The molecule has 0 radical (unpaired) electrons. The molecule has 2 aliphatic heterocycles. The molecule has 3 N–H and O–H groups in total. The van der Waals surface area contributed by atoms with E-state index < -0.39 is 0 Å². The molecule has 0 unspecified atom stereocenters. The van der Waals surface area contributed by atoms with Crippen LogP contribution in [0.25, 0.3) is 22.8 Å². The van der Waals surface area contributed by atoms with Crippen LogP contribution in [0.1, 0.15) is 53.0 Å². The van der Waals surface area contributed by atoms with E-state index in [4.69, 9.17) is 0 Å². The zero-order valence-electron chi connectivity index (χ0n) is 20.9. The van der Waals surface area contributed by atoms with Gasteiger partial charge in [0.25, 0.3) is 11.8 Å². The number of hydrogen-bond donors (Lipinski definition) is 3. The maximum atomic E-state index is 14.7. The van der Waals surface area contributed by atoms with Gasteiger partial charge in [-0.1, -0.05) is 30.3 Å². The monoisotopic (exact) mass is 498 g/mol. The first-order valence-corrected chi connectivity index (χ1v) is 13.1. The quantitative estimate of drug-likeness (QED) is 0.391. The number of carbonyl (C=O) groups excluding carboxylic acids is 2. The molecule has 3 heterocycles. The Balaban J connectivity index is 1.28. The molecular weight excluding hydrogens is 467 g/mol. The summed E-state index contributed by atoms with van der Waals surface area (Å²) in [5.74, 6) is 0.243. The number of fused-ring (bicyclic) bond motifs is 1. The van der Waals surface area contributed by atoms with Crippen molar-refractivity contribution in [2.24, 2.45) is 5.92 Å². The predicted octanol–water partition coefficient (Wildman–Crippen LogP) is 5.23. The zero-order chi connectivity index (χ0) is 25.5. The van der Waals surface area contributed by atoms with Gasteiger partial charge in [0.05, 0.1) is 11.1 Å². The van der Waals surface area contributed by atoms with Gasteiger partial charge in [0.15, 0.2) is 0 Å². The van der Waals surface area contributed by atoms with Crippen molar-refractivity contribution in [1.29, 1.82) is 0 Å². The first-order valence-electron chi connectivity index (χ1n) is 13.1. The Morgan fingerprint density at radius 1 is 1.11 bits per heavy atom. The lowest BCUT2D eigenvalue weighted by atomic mass is 9.94. The third-order valence-electron chi connectivity index (χ3n) is 7.70. The van der Waals surface area contributed by atoms with Gasteiger partial charge in [-0.2, -0.15) is 0 Å². The number of hydrogen-bond acceptors (Lipinski definition) is 3. The third kappa shape index (κ3) is 4.60. The molecule has 1 aliphatic carbocycles. The third-order valence-corrected chi connectivity index (χ3v) is 7.70. The molecule has 1 saturated heterocycles. The SMILES string of the molecule is Cc1[nH]c(/C=C2\C(=O)Nc3cccc(-c4ccccc4F)c32)cc1C(=O)N1CCC[C@H]1CNCC1CC1. The predicted molar refractivity (Wildman–Crippen MR) is 144 cm³/mol. The van der Waals surface area contributed by atoms with Crippen LogP contribution >= 0.6 is 0 Å². The number of anilines is 1.